The highest BCUT2D eigenvalue weighted by atomic mass is 35.5. The topological polar surface area (TPSA) is 95.7 Å². The summed E-state index contributed by atoms with van der Waals surface area (Å²) in [6.07, 6.45) is 3.81. The van der Waals surface area contributed by atoms with Gasteiger partial charge in [0.25, 0.3) is 11.8 Å². The molecule has 7 nitrogen and oxygen atoms in total. The number of Topliss-reactive ketones (excluding diaryl/α,β-unsaturated/α-hetero) is 1. The quantitative estimate of drug-likeness (QED) is 0.423. The van der Waals surface area contributed by atoms with Gasteiger partial charge in [-0.15, -0.1) is 24.8 Å². The van der Waals surface area contributed by atoms with E-state index < -0.39 is 23.6 Å². The Kier molecular flexibility index (Phi) is 12.0. The lowest BCUT2D eigenvalue weighted by molar-refractivity contribution is -0.136. The largest absolute Gasteiger partial charge is 0.363 e. The number of ketones is 1. The van der Waals surface area contributed by atoms with Gasteiger partial charge in [0.2, 0.25) is 5.78 Å². The summed E-state index contributed by atoms with van der Waals surface area (Å²) in [5.74, 6) is -2.33. The number of carbonyl (C=O) groups is 3. The van der Waals surface area contributed by atoms with Gasteiger partial charge in [0.05, 0.1) is 6.04 Å². The average Bonchev–Trinajstić information content (AvgIpc) is 2.79. The third kappa shape index (κ3) is 8.25. The van der Waals surface area contributed by atoms with Gasteiger partial charge in [-0.1, -0.05) is 54.6 Å². The van der Waals surface area contributed by atoms with Crippen molar-refractivity contribution in [3.8, 4) is 0 Å². The molecular weight excluding hydrogens is 475 g/mol. The van der Waals surface area contributed by atoms with Gasteiger partial charge in [0.15, 0.2) is 0 Å². The van der Waals surface area contributed by atoms with Crippen LogP contribution >= 0.6 is 24.8 Å². The van der Waals surface area contributed by atoms with Crippen LogP contribution < -0.4 is 11.1 Å². The molecule has 0 saturated carbocycles. The number of amides is 2. The van der Waals surface area contributed by atoms with Crippen LogP contribution in [0.3, 0.4) is 0 Å². The number of rotatable bonds is 8. The zero-order valence-electron chi connectivity index (χ0n) is 19.4. The number of benzene rings is 2. The van der Waals surface area contributed by atoms with Crippen molar-refractivity contribution in [2.75, 3.05) is 33.2 Å². The molecule has 1 aliphatic heterocycles. The van der Waals surface area contributed by atoms with Gasteiger partial charge in [-0.05, 0) is 36.7 Å². The van der Waals surface area contributed by atoms with Crippen molar-refractivity contribution < 1.29 is 14.4 Å². The normalized spacial score (nSPS) is 15.1. The first-order valence-electron chi connectivity index (χ1n) is 10.7. The first kappa shape index (κ1) is 29.3. The number of nitrogens with one attached hydrogen (secondary N) is 1. The zero-order chi connectivity index (χ0) is 23.1. The second kappa shape index (κ2) is 13.9. The van der Waals surface area contributed by atoms with Crippen molar-refractivity contribution in [1.29, 1.82) is 0 Å². The van der Waals surface area contributed by atoms with E-state index in [2.05, 4.69) is 46.4 Å². The molecule has 0 bridgehead atoms. The van der Waals surface area contributed by atoms with Crippen molar-refractivity contribution in [2.24, 2.45) is 5.73 Å². The van der Waals surface area contributed by atoms with Crippen LogP contribution in [0.2, 0.25) is 0 Å². The SMILES string of the molecule is CC(NC(=O)c1ccccc1C=Cc1ccc(CN2CCN(C)CC2)cc1)C(=O)C(N)=O.Cl.Cl. The van der Waals surface area contributed by atoms with E-state index >= 15 is 0 Å². The zero-order valence-corrected chi connectivity index (χ0v) is 21.0. The molecule has 1 fully saturated rings. The van der Waals surface area contributed by atoms with Crippen molar-refractivity contribution in [1.82, 2.24) is 15.1 Å². The number of halogens is 2. The van der Waals surface area contributed by atoms with E-state index in [1.807, 2.05) is 24.3 Å². The van der Waals surface area contributed by atoms with Crippen LogP contribution in [0.5, 0.6) is 0 Å². The fourth-order valence-corrected chi connectivity index (χ4v) is 3.59. The molecule has 3 rings (SSSR count). The molecule has 1 unspecified atom stereocenters. The Morgan fingerprint density at radius 3 is 2.21 bits per heavy atom. The fraction of sp³-hybridized carbons (Fsp3) is 0.320. The summed E-state index contributed by atoms with van der Waals surface area (Å²) in [6, 6.07) is 14.5. The lowest BCUT2D eigenvalue weighted by Crippen LogP contribution is -2.44. The minimum absolute atomic E-state index is 0. The van der Waals surface area contributed by atoms with Crippen LogP contribution in [0.4, 0.5) is 0 Å². The molecule has 0 aliphatic carbocycles. The number of hydrogen-bond donors (Lipinski definition) is 2. The second-order valence-electron chi connectivity index (χ2n) is 8.17. The Hall–Kier alpha value is -2.71. The smallest absolute Gasteiger partial charge is 0.287 e. The molecule has 0 aromatic heterocycles. The van der Waals surface area contributed by atoms with Crippen molar-refractivity contribution in [3.05, 3.63) is 70.8 Å². The molecule has 1 atom stereocenters. The minimum atomic E-state index is -1.07. The summed E-state index contributed by atoms with van der Waals surface area (Å²) in [6.45, 7) is 6.75. The molecule has 2 aromatic carbocycles. The summed E-state index contributed by atoms with van der Waals surface area (Å²) < 4.78 is 0. The monoisotopic (exact) mass is 506 g/mol. The first-order chi connectivity index (χ1) is 15.3. The minimum Gasteiger partial charge on any atom is -0.363 e. The summed E-state index contributed by atoms with van der Waals surface area (Å²) in [5, 5.41) is 2.53. The van der Waals surface area contributed by atoms with Gasteiger partial charge in [-0.3, -0.25) is 19.3 Å². The maximum atomic E-state index is 12.6. The van der Waals surface area contributed by atoms with E-state index in [4.69, 9.17) is 5.73 Å². The van der Waals surface area contributed by atoms with Gasteiger partial charge in [-0.25, -0.2) is 0 Å². The molecule has 3 N–H and O–H groups in total. The molecule has 1 heterocycles. The number of nitrogens with two attached hydrogens (primary N) is 1. The van der Waals surface area contributed by atoms with Crippen LogP contribution in [0.25, 0.3) is 12.2 Å². The number of hydrogen-bond acceptors (Lipinski definition) is 5. The second-order valence-corrected chi connectivity index (χ2v) is 8.17. The molecule has 184 valence electrons. The maximum Gasteiger partial charge on any atom is 0.287 e. The Balaban J connectivity index is 0.00000289. The van der Waals surface area contributed by atoms with E-state index in [9.17, 15) is 14.4 Å². The van der Waals surface area contributed by atoms with Gasteiger partial charge in [-0.2, -0.15) is 0 Å². The Morgan fingerprint density at radius 1 is 0.971 bits per heavy atom. The number of piperazine rings is 1. The fourth-order valence-electron chi connectivity index (χ4n) is 3.59. The van der Waals surface area contributed by atoms with Crippen LogP contribution in [-0.4, -0.2) is 66.7 Å². The third-order valence-electron chi connectivity index (χ3n) is 5.63. The Labute approximate surface area is 213 Å². The summed E-state index contributed by atoms with van der Waals surface area (Å²) >= 11 is 0. The highest BCUT2D eigenvalue weighted by molar-refractivity contribution is 6.37. The van der Waals surface area contributed by atoms with Crippen LogP contribution in [-0.2, 0) is 16.1 Å². The van der Waals surface area contributed by atoms with Crippen molar-refractivity contribution in [3.63, 3.8) is 0 Å². The summed E-state index contributed by atoms with van der Waals surface area (Å²) in [7, 11) is 2.15. The highest BCUT2D eigenvalue weighted by Gasteiger charge is 2.21. The molecule has 0 spiro atoms. The van der Waals surface area contributed by atoms with Gasteiger partial charge in [0, 0.05) is 38.3 Å². The lowest BCUT2D eigenvalue weighted by Gasteiger charge is -2.32. The molecule has 1 aliphatic rings. The highest BCUT2D eigenvalue weighted by Crippen LogP contribution is 2.15. The number of likely N-dealkylation sites (N-methyl/N-ethyl adjacent to an activating group) is 1. The van der Waals surface area contributed by atoms with E-state index in [1.165, 1.54) is 12.5 Å². The van der Waals surface area contributed by atoms with Crippen LogP contribution in [0, 0.1) is 0 Å². The molecule has 2 aromatic rings. The predicted octanol–water partition coefficient (Wildman–Crippen LogP) is 2.62. The number of primary amides is 1. The number of carbonyl (C=O) groups excluding carboxylic acids is 3. The van der Waals surface area contributed by atoms with Gasteiger partial charge < -0.3 is 16.0 Å². The standard InChI is InChI=1S/C25H30N4O3.2ClH/c1-18(23(30)24(26)31)27-25(32)22-6-4-3-5-21(22)12-11-19-7-9-20(10-8-19)17-29-15-13-28(2)14-16-29;;/h3-12,18H,13-17H2,1-2H3,(H2,26,31)(H,27,32);2*1H. The number of nitrogens with zero attached hydrogens (tertiary/aromatic N) is 2. The first-order valence-corrected chi connectivity index (χ1v) is 10.7. The predicted molar refractivity (Wildman–Crippen MR) is 140 cm³/mol. The average molecular weight is 507 g/mol. The van der Waals surface area contributed by atoms with Gasteiger partial charge >= 0.3 is 0 Å². The Morgan fingerprint density at radius 2 is 1.59 bits per heavy atom. The van der Waals surface area contributed by atoms with E-state index in [0.29, 0.717) is 11.1 Å². The summed E-state index contributed by atoms with van der Waals surface area (Å²) in [5.41, 5.74) is 8.44. The summed E-state index contributed by atoms with van der Waals surface area (Å²) in [4.78, 5) is 40.1. The van der Waals surface area contributed by atoms with Gasteiger partial charge in [0.1, 0.15) is 0 Å². The van der Waals surface area contributed by atoms with Crippen LogP contribution in [0.15, 0.2) is 48.5 Å². The lowest BCUT2D eigenvalue weighted by atomic mass is 10.0. The molecule has 0 radical (unpaired) electrons. The third-order valence-corrected chi connectivity index (χ3v) is 5.63. The molecular formula is C25H32Cl2N4O3. The molecule has 1 saturated heterocycles. The van der Waals surface area contributed by atoms with Crippen LogP contribution in [0.1, 0.15) is 34.0 Å². The maximum absolute atomic E-state index is 12.6. The molecule has 9 heteroatoms. The Bertz CT molecular complexity index is 1000. The van der Waals surface area contributed by atoms with E-state index in [0.717, 1.165) is 38.3 Å². The van der Waals surface area contributed by atoms with E-state index in [-0.39, 0.29) is 24.8 Å². The van der Waals surface area contributed by atoms with Crippen molar-refractivity contribution >= 4 is 54.6 Å². The van der Waals surface area contributed by atoms with Crippen molar-refractivity contribution in [2.45, 2.75) is 19.5 Å². The molecule has 34 heavy (non-hydrogen) atoms. The molecule has 2 amide bonds. The van der Waals surface area contributed by atoms with E-state index in [1.54, 1.807) is 12.1 Å².